The van der Waals surface area contributed by atoms with Crippen LogP contribution < -0.4 is 5.73 Å². The van der Waals surface area contributed by atoms with Gasteiger partial charge in [-0.25, -0.2) is 4.98 Å². The fourth-order valence-electron chi connectivity index (χ4n) is 1.36. The van der Waals surface area contributed by atoms with Gasteiger partial charge in [-0.3, -0.25) is 9.35 Å². The smallest absolute Gasteiger partial charge is 0.296 e. The van der Waals surface area contributed by atoms with E-state index in [1.54, 1.807) is 13.0 Å². The highest BCUT2D eigenvalue weighted by Gasteiger charge is 2.10. The first-order valence-corrected chi connectivity index (χ1v) is 8.44. The highest BCUT2D eigenvalue weighted by molar-refractivity contribution is 7.85. The quantitative estimate of drug-likeness (QED) is 0.596. The van der Waals surface area contributed by atoms with Gasteiger partial charge in [0.1, 0.15) is 10.0 Å². The number of nitrogens with two attached hydrogens (primary N) is 1. The molecule has 0 aliphatic carbocycles. The fraction of sp³-hybridized carbons (Fsp3) is 0.0769. The maximum atomic E-state index is 10.6. The minimum atomic E-state index is -4.16. The number of aryl methyl sites for hydroxylation is 1. The predicted octanol–water partition coefficient (Wildman–Crippen LogP) is 3.38. The Morgan fingerprint density at radius 2 is 1.83 bits per heavy atom. The lowest BCUT2D eigenvalue weighted by atomic mass is 10.2. The summed E-state index contributed by atoms with van der Waals surface area (Å²) in [5, 5.41) is 0.993. The highest BCUT2D eigenvalue weighted by Crippen LogP contribution is 2.20. The number of amides is 1. The Bertz CT molecular complexity index is 841. The number of benzene rings is 1. The SMILES string of the molecule is Cc1cc(S(=O)(=O)O)cnc1Cl.NC(=O)c1ccc(Cl)cc1Cl. The number of carbonyl (C=O) groups excluding carboxylic acids is 1. The largest absolute Gasteiger partial charge is 0.366 e. The maximum Gasteiger partial charge on any atom is 0.296 e. The van der Waals surface area contributed by atoms with Gasteiger partial charge in [0.05, 0.1) is 10.6 Å². The van der Waals surface area contributed by atoms with Crippen molar-refractivity contribution in [3.8, 4) is 0 Å². The summed E-state index contributed by atoms with van der Waals surface area (Å²) in [7, 11) is -4.16. The van der Waals surface area contributed by atoms with Crippen LogP contribution in [0.1, 0.15) is 15.9 Å². The minimum Gasteiger partial charge on any atom is -0.366 e. The molecule has 1 aromatic heterocycles. The second-order valence-electron chi connectivity index (χ2n) is 4.24. The molecule has 1 heterocycles. The number of aromatic nitrogens is 1. The molecule has 0 atom stereocenters. The Hall–Kier alpha value is -1.38. The van der Waals surface area contributed by atoms with Crippen LogP contribution >= 0.6 is 34.8 Å². The molecule has 10 heteroatoms. The van der Waals surface area contributed by atoms with Crippen molar-refractivity contribution in [3.05, 3.63) is 56.8 Å². The number of primary amides is 1. The molecule has 0 aliphatic heterocycles. The average Bonchev–Trinajstić information content (AvgIpc) is 2.41. The number of halogens is 3. The Balaban J connectivity index is 0.000000231. The molecule has 0 radical (unpaired) electrons. The molecule has 0 fully saturated rings. The first-order valence-electron chi connectivity index (χ1n) is 5.87. The van der Waals surface area contributed by atoms with Crippen LogP contribution in [0.5, 0.6) is 0 Å². The van der Waals surface area contributed by atoms with Crippen LogP contribution in [-0.4, -0.2) is 23.9 Å². The van der Waals surface area contributed by atoms with Crippen molar-refractivity contribution >= 4 is 50.8 Å². The summed E-state index contributed by atoms with van der Waals surface area (Å²) in [6, 6.07) is 5.79. The van der Waals surface area contributed by atoms with Gasteiger partial charge in [-0.2, -0.15) is 8.42 Å². The standard InChI is InChI=1S/C7H5Cl2NO.C6H6ClNO3S/c8-4-1-2-5(7(10)11)6(9)3-4;1-4-2-5(12(9,10)11)3-8-6(4)7/h1-3H,(H2,10,11);2-3H,1H3,(H,9,10,11). The molecule has 1 aromatic carbocycles. The van der Waals surface area contributed by atoms with Gasteiger partial charge < -0.3 is 5.73 Å². The van der Waals surface area contributed by atoms with Gasteiger partial charge in [0.2, 0.25) is 5.91 Å². The van der Waals surface area contributed by atoms with E-state index in [0.29, 0.717) is 10.6 Å². The van der Waals surface area contributed by atoms with Gasteiger partial charge in [0.25, 0.3) is 10.1 Å². The van der Waals surface area contributed by atoms with E-state index in [1.165, 1.54) is 18.2 Å². The molecular weight excluding hydrogens is 387 g/mol. The molecular formula is C13H11Cl3N2O4S. The van der Waals surface area contributed by atoms with Crippen molar-refractivity contribution in [1.29, 1.82) is 0 Å². The molecule has 0 spiro atoms. The number of nitrogens with zero attached hydrogens (tertiary/aromatic N) is 1. The van der Waals surface area contributed by atoms with E-state index in [2.05, 4.69) is 4.98 Å². The summed E-state index contributed by atoms with van der Waals surface area (Å²) in [4.78, 5) is 14.0. The third-order valence-electron chi connectivity index (χ3n) is 2.48. The summed E-state index contributed by atoms with van der Waals surface area (Å²) in [6.45, 7) is 1.60. The van der Waals surface area contributed by atoms with E-state index in [4.69, 9.17) is 45.1 Å². The van der Waals surface area contributed by atoms with Crippen LogP contribution in [0.2, 0.25) is 15.2 Å². The summed E-state index contributed by atoms with van der Waals surface area (Å²) >= 11 is 16.8. The van der Waals surface area contributed by atoms with Crippen molar-refractivity contribution < 1.29 is 17.8 Å². The molecule has 2 aromatic rings. The van der Waals surface area contributed by atoms with Gasteiger partial charge in [0.15, 0.2) is 0 Å². The van der Waals surface area contributed by atoms with Gasteiger partial charge in [0, 0.05) is 11.2 Å². The Kier molecular flexibility index (Phi) is 6.79. The molecule has 0 unspecified atom stereocenters. The third kappa shape index (κ3) is 5.96. The van der Waals surface area contributed by atoms with Crippen molar-refractivity contribution in [2.75, 3.05) is 0 Å². The molecule has 0 saturated carbocycles. The van der Waals surface area contributed by atoms with E-state index >= 15 is 0 Å². The molecule has 23 heavy (non-hydrogen) atoms. The van der Waals surface area contributed by atoms with E-state index < -0.39 is 16.0 Å². The maximum absolute atomic E-state index is 10.6. The number of hydrogen-bond acceptors (Lipinski definition) is 4. The molecule has 3 N–H and O–H groups in total. The molecule has 6 nitrogen and oxygen atoms in total. The second-order valence-corrected chi connectivity index (χ2v) is 6.87. The van der Waals surface area contributed by atoms with Crippen LogP contribution in [0.3, 0.4) is 0 Å². The van der Waals surface area contributed by atoms with Crippen molar-refractivity contribution in [1.82, 2.24) is 4.98 Å². The van der Waals surface area contributed by atoms with Crippen LogP contribution in [0.4, 0.5) is 0 Å². The van der Waals surface area contributed by atoms with Gasteiger partial charge in [-0.1, -0.05) is 34.8 Å². The molecule has 2 rings (SSSR count). The lowest BCUT2D eigenvalue weighted by Gasteiger charge is -1.98. The summed E-state index contributed by atoms with van der Waals surface area (Å²) in [5.41, 5.74) is 5.79. The zero-order chi connectivity index (χ0) is 17.8. The fourth-order valence-corrected chi connectivity index (χ4v) is 2.48. The number of hydrogen-bond donors (Lipinski definition) is 2. The molecule has 1 amide bonds. The van der Waals surface area contributed by atoms with Crippen LogP contribution in [0.25, 0.3) is 0 Å². The zero-order valence-corrected chi connectivity index (χ0v) is 14.7. The molecule has 0 aliphatic rings. The number of carbonyl (C=O) groups is 1. The summed E-state index contributed by atoms with van der Waals surface area (Å²) < 4.78 is 29.7. The normalized spacial score (nSPS) is 10.7. The lowest BCUT2D eigenvalue weighted by molar-refractivity contribution is 0.100. The predicted molar refractivity (Wildman–Crippen MR) is 88.8 cm³/mol. The Labute approximate surface area is 147 Å². The number of pyridine rings is 1. The van der Waals surface area contributed by atoms with Crippen LogP contribution in [0.15, 0.2) is 35.4 Å². The van der Waals surface area contributed by atoms with E-state index in [-0.39, 0.29) is 20.6 Å². The third-order valence-corrected chi connectivity index (χ3v) is 4.25. The van der Waals surface area contributed by atoms with E-state index in [9.17, 15) is 13.2 Å². The molecule has 0 bridgehead atoms. The number of rotatable bonds is 2. The first-order chi connectivity index (χ1) is 10.5. The van der Waals surface area contributed by atoms with Gasteiger partial charge in [-0.15, -0.1) is 0 Å². The van der Waals surface area contributed by atoms with Crippen LogP contribution in [-0.2, 0) is 10.1 Å². The van der Waals surface area contributed by atoms with Crippen molar-refractivity contribution in [2.45, 2.75) is 11.8 Å². The van der Waals surface area contributed by atoms with Crippen molar-refractivity contribution in [2.24, 2.45) is 5.73 Å². The van der Waals surface area contributed by atoms with E-state index in [0.717, 1.165) is 6.20 Å². The van der Waals surface area contributed by atoms with Crippen LogP contribution in [0, 0.1) is 6.92 Å². The Morgan fingerprint density at radius 3 is 2.26 bits per heavy atom. The highest BCUT2D eigenvalue weighted by atomic mass is 35.5. The second kappa shape index (κ2) is 7.94. The minimum absolute atomic E-state index is 0.224. The zero-order valence-electron chi connectivity index (χ0n) is 11.6. The van der Waals surface area contributed by atoms with Gasteiger partial charge >= 0.3 is 0 Å². The first kappa shape index (κ1) is 19.7. The lowest BCUT2D eigenvalue weighted by Crippen LogP contribution is -2.11. The molecule has 124 valence electrons. The Morgan fingerprint density at radius 1 is 1.22 bits per heavy atom. The van der Waals surface area contributed by atoms with Crippen molar-refractivity contribution in [3.63, 3.8) is 0 Å². The summed E-state index contributed by atoms with van der Waals surface area (Å²) in [6.07, 6.45) is 1.00. The summed E-state index contributed by atoms with van der Waals surface area (Å²) in [5.74, 6) is -0.549. The average molecular weight is 398 g/mol. The topological polar surface area (TPSA) is 110 Å². The van der Waals surface area contributed by atoms with Gasteiger partial charge in [-0.05, 0) is 36.8 Å². The molecule has 0 saturated heterocycles. The monoisotopic (exact) mass is 396 g/mol. The van der Waals surface area contributed by atoms with E-state index in [1.807, 2.05) is 0 Å².